The van der Waals surface area contributed by atoms with E-state index < -0.39 is 42.3 Å². The molecule has 0 amide bonds. The van der Waals surface area contributed by atoms with Gasteiger partial charge in [0.2, 0.25) is 0 Å². The van der Waals surface area contributed by atoms with E-state index in [1.165, 1.54) is 13.1 Å². The standard InChI is InChI=1S/C18H28N2O6/c1-10(2)8-11(3)15(22)26-14-13(9-21)25-16(18(14,5)24)20-7-6-12(4)19-17(20)23/h6-7,10-11,13-14,16,21,24H,8-9H2,1-5H3/t11?,13-,14-,16-,18-/m1/s1. The van der Waals surface area contributed by atoms with Gasteiger partial charge < -0.3 is 19.7 Å². The van der Waals surface area contributed by atoms with Gasteiger partial charge in [-0.25, -0.2) is 4.79 Å². The summed E-state index contributed by atoms with van der Waals surface area (Å²) in [5, 5.41) is 20.6. The molecule has 1 aliphatic heterocycles. The van der Waals surface area contributed by atoms with E-state index in [0.717, 1.165) is 4.57 Å². The van der Waals surface area contributed by atoms with Gasteiger partial charge in [0.15, 0.2) is 12.3 Å². The van der Waals surface area contributed by atoms with E-state index in [1.54, 1.807) is 19.9 Å². The predicted octanol–water partition coefficient (Wildman–Crippen LogP) is 0.786. The minimum absolute atomic E-state index is 0.316. The molecule has 0 radical (unpaired) electrons. The SMILES string of the molecule is Cc1ccn([C@@H]2O[C@H](CO)[C@@H](OC(=O)C(C)CC(C)C)[C@@]2(C)O)c(=O)n1. The summed E-state index contributed by atoms with van der Waals surface area (Å²) in [7, 11) is 0. The molecule has 2 rings (SSSR count). The summed E-state index contributed by atoms with van der Waals surface area (Å²) in [6, 6.07) is 1.61. The zero-order valence-corrected chi connectivity index (χ0v) is 15.9. The maximum absolute atomic E-state index is 12.4. The number of rotatable bonds is 6. The largest absolute Gasteiger partial charge is 0.456 e. The van der Waals surface area contributed by atoms with E-state index in [1.807, 2.05) is 13.8 Å². The number of ether oxygens (including phenoxy) is 2. The van der Waals surface area contributed by atoms with Crippen molar-refractivity contribution in [3.8, 4) is 0 Å². The Morgan fingerprint density at radius 3 is 2.65 bits per heavy atom. The summed E-state index contributed by atoms with van der Waals surface area (Å²) in [5.41, 5.74) is -1.76. The molecule has 2 heterocycles. The van der Waals surface area contributed by atoms with Gasteiger partial charge in [-0.15, -0.1) is 0 Å². The zero-order valence-electron chi connectivity index (χ0n) is 15.9. The third-order valence-corrected chi connectivity index (χ3v) is 4.59. The average molecular weight is 368 g/mol. The Morgan fingerprint density at radius 2 is 2.12 bits per heavy atom. The highest BCUT2D eigenvalue weighted by molar-refractivity contribution is 5.72. The third-order valence-electron chi connectivity index (χ3n) is 4.59. The highest BCUT2D eigenvalue weighted by Crippen LogP contribution is 2.39. The van der Waals surface area contributed by atoms with Crippen LogP contribution in [0, 0.1) is 18.8 Å². The van der Waals surface area contributed by atoms with Crippen LogP contribution in [-0.2, 0) is 14.3 Å². The van der Waals surface area contributed by atoms with Crippen LogP contribution in [0.15, 0.2) is 17.1 Å². The van der Waals surface area contributed by atoms with Gasteiger partial charge in [0.05, 0.1) is 12.5 Å². The molecule has 8 nitrogen and oxygen atoms in total. The van der Waals surface area contributed by atoms with Crippen molar-refractivity contribution in [1.29, 1.82) is 0 Å². The van der Waals surface area contributed by atoms with Gasteiger partial charge in [0.1, 0.15) is 11.7 Å². The predicted molar refractivity (Wildman–Crippen MR) is 93.4 cm³/mol. The second kappa shape index (κ2) is 7.85. The first-order chi connectivity index (χ1) is 12.1. The van der Waals surface area contributed by atoms with Crippen LogP contribution in [0.1, 0.15) is 46.0 Å². The number of hydrogen-bond donors (Lipinski definition) is 2. The minimum Gasteiger partial charge on any atom is -0.456 e. The number of aliphatic hydroxyl groups excluding tert-OH is 1. The van der Waals surface area contributed by atoms with E-state index in [9.17, 15) is 19.8 Å². The zero-order chi connectivity index (χ0) is 19.6. The lowest BCUT2D eigenvalue weighted by Crippen LogP contribution is -2.49. The molecule has 1 aromatic heterocycles. The number of carbonyl (C=O) groups excluding carboxylic acids is 1. The van der Waals surface area contributed by atoms with Crippen LogP contribution in [-0.4, -0.2) is 50.1 Å². The molecule has 26 heavy (non-hydrogen) atoms. The molecule has 5 atom stereocenters. The molecule has 1 saturated heterocycles. The summed E-state index contributed by atoms with van der Waals surface area (Å²) in [6.07, 6.45) is -1.07. The highest BCUT2D eigenvalue weighted by Gasteiger charge is 2.56. The molecular formula is C18H28N2O6. The van der Waals surface area contributed by atoms with Crippen molar-refractivity contribution in [2.24, 2.45) is 11.8 Å². The number of nitrogens with zero attached hydrogens (tertiary/aromatic N) is 2. The molecule has 1 aromatic rings. The Morgan fingerprint density at radius 1 is 1.46 bits per heavy atom. The molecule has 8 heteroatoms. The van der Waals surface area contributed by atoms with Crippen LogP contribution in [0.4, 0.5) is 0 Å². The fourth-order valence-corrected chi connectivity index (χ4v) is 3.29. The van der Waals surface area contributed by atoms with Crippen LogP contribution in [0.5, 0.6) is 0 Å². The van der Waals surface area contributed by atoms with Gasteiger partial charge >= 0.3 is 11.7 Å². The van der Waals surface area contributed by atoms with Gasteiger partial charge in [-0.2, -0.15) is 4.98 Å². The number of aliphatic hydroxyl groups is 2. The van der Waals surface area contributed by atoms with E-state index in [4.69, 9.17) is 9.47 Å². The number of esters is 1. The van der Waals surface area contributed by atoms with Crippen molar-refractivity contribution in [3.05, 3.63) is 28.4 Å². The molecule has 0 spiro atoms. The van der Waals surface area contributed by atoms with Crippen molar-refractivity contribution in [2.45, 2.75) is 65.1 Å². The summed E-state index contributed by atoms with van der Waals surface area (Å²) in [5.74, 6) is -0.509. The lowest BCUT2D eigenvalue weighted by atomic mass is 9.95. The van der Waals surface area contributed by atoms with Gasteiger partial charge in [-0.1, -0.05) is 20.8 Å². The number of aromatic nitrogens is 2. The highest BCUT2D eigenvalue weighted by atomic mass is 16.6. The van der Waals surface area contributed by atoms with Crippen molar-refractivity contribution >= 4 is 5.97 Å². The fraction of sp³-hybridized carbons (Fsp3) is 0.722. The van der Waals surface area contributed by atoms with Gasteiger partial charge in [-0.05, 0) is 32.3 Å². The maximum atomic E-state index is 12.4. The van der Waals surface area contributed by atoms with E-state index in [-0.39, 0.29) is 5.92 Å². The first-order valence-electron chi connectivity index (χ1n) is 8.82. The van der Waals surface area contributed by atoms with Crippen LogP contribution in [0.3, 0.4) is 0 Å². The van der Waals surface area contributed by atoms with Crippen molar-refractivity contribution in [1.82, 2.24) is 9.55 Å². The van der Waals surface area contributed by atoms with Crippen LogP contribution < -0.4 is 5.69 Å². The maximum Gasteiger partial charge on any atom is 0.349 e. The second-order valence-corrected chi connectivity index (χ2v) is 7.58. The molecule has 1 unspecified atom stereocenters. The van der Waals surface area contributed by atoms with E-state index in [2.05, 4.69) is 4.98 Å². The Balaban J connectivity index is 2.27. The normalized spacial score (nSPS) is 29.8. The van der Waals surface area contributed by atoms with Crippen molar-refractivity contribution in [2.75, 3.05) is 6.61 Å². The molecule has 146 valence electrons. The number of carbonyl (C=O) groups is 1. The van der Waals surface area contributed by atoms with Gasteiger partial charge in [-0.3, -0.25) is 9.36 Å². The van der Waals surface area contributed by atoms with Crippen LogP contribution >= 0.6 is 0 Å². The first-order valence-corrected chi connectivity index (χ1v) is 8.82. The first kappa shape index (κ1) is 20.5. The molecule has 0 bridgehead atoms. The molecule has 1 aliphatic rings. The van der Waals surface area contributed by atoms with Crippen molar-refractivity contribution in [3.63, 3.8) is 0 Å². The summed E-state index contributed by atoms with van der Waals surface area (Å²) in [6.45, 7) is 8.40. The molecule has 0 aromatic carbocycles. The monoisotopic (exact) mass is 368 g/mol. The quantitative estimate of drug-likeness (QED) is 0.714. The molecule has 0 saturated carbocycles. The van der Waals surface area contributed by atoms with Crippen LogP contribution in [0.2, 0.25) is 0 Å². The van der Waals surface area contributed by atoms with E-state index >= 15 is 0 Å². The Kier molecular flexibility index (Phi) is 6.21. The molecule has 2 N–H and O–H groups in total. The summed E-state index contributed by atoms with van der Waals surface area (Å²) < 4.78 is 12.3. The number of aryl methyl sites for hydroxylation is 1. The Bertz CT molecular complexity index is 699. The van der Waals surface area contributed by atoms with E-state index in [0.29, 0.717) is 18.0 Å². The third kappa shape index (κ3) is 4.13. The number of hydrogen-bond acceptors (Lipinski definition) is 7. The smallest absolute Gasteiger partial charge is 0.349 e. The Hall–Kier alpha value is -1.77. The minimum atomic E-state index is -1.71. The van der Waals surface area contributed by atoms with Gasteiger partial charge in [0, 0.05) is 11.9 Å². The second-order valence-electron chi connectivity index (χ2n) is 7.58. The van der Waals surface area contributed by atoms with Crippen LogP contribution in [0.25, 0.3) is 0 Å². The molecule has 1 fully saturated rings. The topological polar surface area (TPSA) is 111 Å². The fourth-order valence-electron chi connectivity index (χ4n) is 3.29. The lowest BCUT2D eigenvalue weighted by Gasteiger charge is -2.30. The average Bonchev–Trinajstić information content (AvgIpc) is 2.78. The summed E-state index contributed by atoms with van der Waals surface area (Å²) >= 11 is 0. The van der Waals surface area contributed by atoms with Gasteiger partial charge in [0.25, 0.3) is 0 Å². The summed E-state index contributed by atoms with van der Waals surface area (Å²) in [4.78, 5) is 28.4. The molecule has 0 aliphatic carbocycles. The molecular weight excluding hydrogens is 340 g/mol. The lowest BCUT2D eigenvalue weighted by molar-refractivity contribution is -0.168. The van der Waals surface area contributed by atoms with Crippen molar-refractivity contribution < 1.29 is 24.5 Å². The Labute approximate surface area is 152 Å².